The van der Waals surface area contributed by atoms with Gasteiger partial charge in [-0.25, -0.2) is 0 Å². The van der Waals surface area contributed by atoms with Crippen molar-refractivity contribution in [2.24, 2.45) is 5.92 Å². The van der Waals surface area contributed by atoms with Crippen LogP contribution in [0.25, 0.3) is 0 Å². The smallest absolute Gasteiger partial charge is 0.321 e. The maximum Gasteiger partial charge on any atom is 0.321 e. The zero-order chi connectivity index (χ0) is 24.8. The Morgan fingerprint density at radius 2 is 1.71 bits per heavy atom. The minimum absolute atomic E-state index is 0.199. The maximum atomic E-state index is 12.0. The molecule has 0 aromatic heterocycles. The van der Waals surface area contributed by atoms with E-state index in [1.54, 1.807) is 0 Å². The molecule has 0 bridgehead atoms. The summed E-state index contributed by atoms with van der Waals surface area (Å²) in [4.78, 5) is 16.7. The number of nitrogens with zero attached hydrogens (tertiary/aromatic N) is 2. The molecule has 0 aliphatic carbocycles. The molecule has 0 saturated carbocycles. The van der Waals surface area contributed by atoms with E-state index in [-0.39, 0.29) is 6.10 Å². The first-order chi connectivity index (χ1) is 16.9. The Morgan fingerprint density at radius 1 is 1.03 bits per heavy atom. The fraction of sp³-hybridized carbons (Fsp3) is 0.536. The van der Waals surface area contributed by atoms with Gasteiger partial charge in [-0.15, -0.1) is 0 Å². The van der Waals surface area contributed by atoms with E-state index in [0.29, 0.717) is 22.4 Å². The van der Waals surface area contributed by atoms with E-state index < -0.39 is 12.0 Å². The van der Waals surface area contributed by atoms with Gasteiger partial charge in [0.2, 0.25) is 0 Å². The topological polar surface area (TPSA) is 53.0 Å². The van der Waals surface area contributed by atoms with Crippen LogP contribution >= 0.6 is 23.2 Å². The summed E-state index contributed by atoms with van der Waals surface area (Å²) in [6.07, 6.45) is 5.66. The molecule has 1 atom stereocenters. The standard InChI is InChI=1S/C28H36Cl2N2O3/c1-2-23-26(9-8-24(29)27(23)30)35-22-12-14-31(15-13-22)19-21-10-16-32(17-11-21)25(28(33)34)18-20-6-4-3-5-7-20/h3-9,21-22,25H,2,10-19H2,1H3,(H,33,34)/t25-/m0/s1. The lowest BCUT2D eigenvalue weighted by Gasteiger charge is -2.39. The highest BCUT2D eigenvalue weighted by Gasteiger charge is 2.31. The number of carboxylic acids is 1. The van der Waals surface area contributed by atoms with Crippen LogP contribution in [0.4, 0.5) is 0 Å². The molecule has 2 heterocycles. The number of carbonyl (C=O) groups is 1. The highest BCUT2D eigenvalue weighted by atomic mass is 35.5. The quantitative estimate of drug-likeness (QED) is 0.454. The van der Waals surface area contributed by atoms with Gasteiger partial charge in [-0.1, -0.05) is 60.5 Å². The predicted octanol–water partition coefficient (Wildman–Crippen LogP) is 5.81. The summed E-state index contributed by atoms with van der Waals surface area (Å²) >= 11 is 12.5. The zero-order valence-corrected chi connectivity index (χ0v) is 22.0. The van der Waals surface area contributed by atoms with Crippen molar-refractivity contribution < 1.29 is 14.6 Å². The zero-order valence-electron chi connectivity index (χ0n) is 20.5. The Labute approximate surface area is 219 Å². The second-order valence-corrected chi connectivity index (χ2v) is 10.6. The molecular weight excluding hydrogens is 483 g/mol. The molecule has 2 saturated heterocycles. The number of carboxylic acid groups (broad SMARTS) is 1. The Hall–Kier alpha value is -1.79. The van der Waals surface area contributed by atoms with Gasteiger partial charge in [0.15, 0.2) is 0 Å². The summed E-state index contributed by atoms with van der Waals surface area (Å²) < 4.78 is 6.33. The summed E-state index contributed by atoms with van der Waals surface area (Å²) in [6, 6.07) is 13.3. The second kappa shape index (κ2) is 12.4. The van der Waals surface area contributed by atoms with E-state index in [2.05, 4.69) is 16.7 Å². The van der Waals surface area contributed by atoms with Crippen LogP contribution in [0.5, 0.6) is 5.75 Å². The molecule has 4 rings (SSSR count). The monoisotopic (exact) mass is 518 g/mol. The van der Waals surface area contributed by atoms with Crippen LogP contribution in [-0.2, 0) is 17.6 Å². The average molecular weight is 520 g/mol. The Kier molecular flexibility index (Phi) is 9.34. The van der Waals surface area contributed by atoms with Gasteiger partial charge in [-0.3, -0.25) is 9.69 Å². The molecule has 1 N–H and O–H groups in total. The van der Waals surface area contributed by atoms with Gasteiger partial charge >= 0.3 is 5.97 Å². The molecule has 7 heteroatoms. The van der Waals surface area contributed by atoms with Crippen molar-refractivity contribution in [2.45, 2.75) is 57.6 Å². The van der Waals surface area contributed by atoms with E-state index in [9.17, 15) is 9.90 Å². The number of hydrogen-bond donors (Lipinski definition) is 1. The summed E-state index contributed by atoms with van der Waals surface area (Å²) in [5, 5.41) is 11.0. The second-order valence-electron chi connectivity index (χ2n) is 9.83. The molecule has 0 spiro atoms. The number of likely N-dealkylation sites (tertiary alicyclic amines) is 2. The SMILES string of the molecule is CCc1c(OC2CCN(CC3CCN([C@@H](Cc4ccccc4)C(=O)O)CC3)CC2)ccc(Cl)c1Cl. The van der Waals surface area contributed by atoms with Crippen molar-refractivity contribution >= 4 is 29.2 Å². The van der Waals surface area contributed by atoms with Crippen molar-refractivity contribution in [3.8, 4) is 5.75 Å². The Bertz CT molecular complexity index is 972. The molecule has 2 aliphatic heterocycles. The summed E-state index contributed by atoms with van der Waals surface area (Å²) in [7, 11) is 0. The van der Waals surface area contributed by atoms with Crippen LogP contribution in [0.1, 0.15) is 43.7 Å². The lowest BCUT2D eigenvalue weighted by atomic mass is 9.93. The third-order valence-electron chi connectivity index (χ3n) is 7.50. The lowest BCUT2D eigenvalue weighted by Crippen LogP contribution is -2.48. The van der Waals surface area contributed by atoms with Crippen LogP contribution < -0.4 is 4.74 Å². The van der Waals surface area contributed by atoms with Gasteiger partial charge in [0.05, 0.1) is 10.0 Å². The van der Waals surface area contributed by atoms with Crippen molar-refractivity contribution in [3.63, 3.8) is 0 Å². The number of piperidine rings is 2. The Balaban J connectivity index is 1.22. The first-order valence-corrected chi connectivity index (χ1v) is 13.6. The van der Waals surface area contributed by atoms with Crippen LogP contribution in [0.15, 0.2) is 42.5 Å². The Morgan fingerprint density at radius 3 is 2.34 bits per heavy atom. The number of aliphatic carboxylic acids is 1. The van der Waals surface area contributed by atoms with Gasteiger partial charge < -0.3 is 14.7 Å². The predicted molar refractivity (Wildman–Crippen MR) is 142 cm³/mol. The largest absolute Gasteiger partial charge is 0.490 e. The van der Waals surface area contributed by atoms with Crippen LogP contribution in [0.2, 0.25) is 10.0 Å². The fourth-order valence-electron chi connectivity index (χ4n) is 5.43. The van der Waals surface area contributed by atoms with Crippen molar-refractivity contribution in [2.75, 3.05) is 32.7 Å². The van der Waals surface area contributed by atoms with E-state index >= 15 is 0 Å². The molecule has 0 radical (unpaired) electrons. The molecule has 190 valence electrons. The molecule has 35 heavy (non-hydrogen) atoms. The third kappa shape index (κ3) is 6.91. The van der Waals surface area contributed by atoms with Gasteiger partial charge in [0, 0.05) is 25.2 Å². The van der Waals surface area contributed by atoms with Gasteiger partial charge in [-0.05, 0) is 75.2 Å². The van der Waals surface area contributed by atoms with E-state index in [1.807, 2.05) is 42.5 Å². The average Bonchev–Trinajstić information content (AvgIpc) is 2.87. The highest BCUT2D eigenvalue weighted by Crippen LogP contribution is 2.35. The third-order valence-corrected chi connectivity index (χ3v) is 8.34. The van der Waals surface area contributed by atoms with Crippen molar-refractivity contribution in [3.05, 3.63) is 63.6 Å². The molecular formula is C28H36Cl2N2O3. The molecule has 2 aliphatic rings. The first kappa shape index (κ1) is 26.3. The van der Waals surface area contributed by atoms with Crippen LogP contribution in [0.3, 0.4) is 0 Å². The van der Waals surface area contributed by atoms with Gasteiger partial charge in [0.25, 0.3) is 0 Å². The number of ether oxygens (including phenoxy) is 1. The van der Waals surface area contributed by atoms with Crippen LogP contribution in [0, 0.1) is 5.92 Å². The fourth-order valence-corrected chi connectivity index (χ4v) is 5.89. The minimum Gasteiger partial charge on any atom is -0.490 e. The van der Waals surface area contributed by atoms with Crippen molar-refractivity contribution in [1.29, 1.82) is 0 Å². The molecule has 0 amide bonds. The molecule has 2 aromatic rings. The number of benzene rings is 2. The number of rotatable bonds is 9. The molecule has 0 unspecified atom stereocenters. The van der Waals surface area contributed by atoms with Gasteiger partial charge in [-0.2, -0.15) is 0 Å². The van der Waals surface area contributed by atoms with Crippen molar-refractivity contribution in [1.82, 2.24) is 9.80 Å². The van der Waals surface area contributed by atoms with E-state index in [0.717, 1.165) is 81.7 Å². The number of halogens is 2. The van der Waals surface area contributed by atoms with Gasteiger partial charge in [0.1, 0.15) is 17.9 Å². The van der Waals surface area contributed by atoms with E-state index in [1.165, 1.54) is 0 Å². The maximum absolute atomic E-state index is 12.0. The molecule has 5 nitrogen and oxygen atoms in total. The summed E-state index contributed by atoms with van der Waals surface area (Å²) in [5.74, 6) is 0.760. The normalized spacial score (nSPS) is 19.5. The minimum atomic E-state index is -0.720. The highest BCUT2D eigenvalue weighted by molar-refractivity contribution is 6.42. The molecule has 2 aromatic carbocycles. The summed E-state index contributed by atoms with van der Waals surface area (Å²) in [5.41, 5.74) is 2.07. The summed E-state index contributed by atoms with van der Waals surface area (Å²) in [6.45, 7) is 6.91. The van der Waals surface area contributed by atoms with Crippen LogP contribution in [-0.4, -0.2) is 65.7 Å². The van der Waals surface area contributed by atoms with E-state index in [4.69, 9.17) is 27.9 Å². The first-order valence-electron chi connectivity index (χ1n) is 12.8. The number of hydrogen-bond acceptors (Lipinski definition) is 4. The molecule has 2 fully saturated rings. The lowest BCUT2D eigenvalue weighted by molar-refractivity contribution is -0.144.